The Balaban J connectivity index is 1.40. The van der Waals surface area contributed by atoms with Gasteiger partial charge in [-0.25, -0.2) is 19.9 Å². The van der Waals surface area contributed by atoms with E-state index in [1.165, 1.54) is 12.4 Å². The van der Waals surface area contributed by atoms with E-state index in [4.69, 9.17) is 9.72 Å². The van der Waals surface area contributed by atoms with Gasteiger partial charge < -0.3 is 15.0 Å². The van der Waals surface area contributed by atoms with Crippen LogP contribution in [0.3, 0.4) is 0 Å². The smallest absolute Gasteiger partial charge is 0.245 e. The summed E-state index contributed by atoms with van der Waals surface area (Å²) in [6, 6.07) is 0. The van der Waals surface area contributed by atoms with Crippen LogP contribution in [0.1, 0.15) is 30.0 Å². The number of rotatable bonds is 5. The highest BCUT2D eigenvalue weighted by Gasteiger charge is 2.28. The lowest BCUT2D eigenvalue weighted by molar-refractivity contribution is -0.127. The van der Waals surface area contributed by atoms with Crippen LogP contribution in [0.5, 0.6) is 5.88 Å². The van der Waals surface area contributed by atoms with Gasteiger partial charge in [0.25, 0.3) is 0 Å². The number of anilines is 1. The second kappa shape index (κ2) is 7.69. The van der Waals surface area contributed by atoms with E-state index in [1.54, 1.807) is 11.1 Å². The second-order valence-corrected chi connectivity index (χ2v) is 6.82. The van der Waals surface area contributed by atoms with Crippen molar-refractivity contribution in [3.8, 4) is 5.88 Å². The summed E-state index contributed by atoms with van der Waals surface area (Å²) in [5.74, 6) is 1.55. The van der Waals surface area contributed by atoms with Gasteiger partial charge in [-0.2, -0.15) is 0 Å². The van der Waals surface area contributed by atoms with Crippen LogP contribution in [0.2, 0.25) is 0 Å². The lowest BCUT2D eigenvalue weighted by Crippen LogP contribution is -2.41. The van der Waals surface area contributed by atoms with Gasteiger partial charge in [-0.15, -0.1) is 0 Å². The summed E-state index contributed by atoms with van der Waals surface area (Å²) in [6.07, 6.45) is 10.6. The van der Waals surface area contributed by atoms with Gasteiger partial charge in [0.15, 0.2) is 0 Å². The highest BCUT2D eigenvalue weighted by Crippen LogP contribution is 2.32. The number of carbonyl (C=O) groups is 1. The number of hydrogen-bond donors (Lipinski definition) is 1. The van der Waals surface area contributed by atoms with Gasteiger partial charge in [-0.05, 0) is 18.1 Å². The van der Waals surface area contributed by atoms with Crippen molar-refractivity contribution in [1.82, 2.24) is 24.8 Å². The van der Waals surface area contributed by atoms with Crippen molar-refractivity contribution in [1.29, 1.82) is 0 Å². The third-order valence-electron chi connectivity index (χ3n) is 4.99. The standard InChI is InChI=1S/C19H22N6O2/c1-2-17(26)25-5-3-15(4-6-25)27-16-11-23-19-18(24-16)14(10-22-19)7-13-8-20-12-21-9-13/h2,8-9,11-12,14-15H,1,3-7,10H2,(H,22,23). The monoisotopic (exact) mass is 366 g/mol. The van der Waals surface area contributed by atoms with E-state index < -0.39 is 0 Å². The van der Waals surface area contributed by atoms with E-state index in [2.05, 4.69) is 26.8 Å². The molecule has 0 bridgehead atoms. The fourth-order valence-corrected chi connectivity index (χ4v) is 3.56. The van der Waals surface area contributed by atoms with Crippen molar-refractivity contribution in [3.63, 3.8) is 0 Å². The molecule has 140 valence electrons. The van der Waals surface area contributed by atoms with Crippen LogP contribution in [-0.4, -0.2) is 56.5 Å². The minimum Gasteiger partial charge on any atom is -0.473 e. The molecule has 0 saturated carbocycles. The van der Waals surface area contributed by atoms with Gasteiger partial charge in [0.1, 0.15) is 18.2 Å². The first-order valence-electron chi connectivity index (χ1n) is 9.15. The zero-order valence-corrected chi connectivity index (χ0v) is 15.0. The van der Waals surface area contributed by atoms with Crippen LogP contribution in [-0.2, 0) is 11.2 Å². The summed E-state index contributed by atoms with van der Waals surface area (Å²) in [4.78, 5) is 30.8. The molecule has 0 radical (unpaired) electrons. The average molecular weight is 366 g/mol. The Labute approximate surface area is 157 Å². The molecule has 0 aliphatic carbocycles. The van der Waals surface area contributed by atoms with Crippen molar-refractivity contribution in [2.45, 2.75) is 31.3 Å². The van der Waals surface area contributed by atoms with Gasteiger partial charge in [0.05, 0.1) is 11.9 Å². The summed E-state index contributed by atoms with van der Waals surface area (Å²) in [7, 11) is 0. The summed E-state index contributed by atoms with van der Waals surface area (Å²) in [5.41, 5.74) is 2.00. The summed E-state index contributed by atoms with van der Waals surface area (Å²) < 4.78 is 6.05. The summed E-state index contributed by atoms with van der Waals surface area (Å²) >= 11 is 0. The quantitative estimate of drug-likeness (QED) is 0.803. The lowest BCUT2D eigenvalue weighted by Gasteiger charge is -2.31. The van der Waals surface area contributed by atoms with E-state index in [9.17, 15) is 4.79 Å². The molecule has 2 aliphatic heterocycles. The van der Waals surface area contributed by atoms with Crippen molar-refractivity contribution in [2.24, 2.45) is 0 Å². The van der Waals surface area contributed by atoms with E-state index in [0.29, 0.717) is 19.0 Å². The van der Waals surface area contributed by atoms with Crippen LogP contribution in [0.25, 0.3) is 0 Å². The molecule has 4 heterocycles. The van der Waals surface area contributed by atoms with E-state index in [1.807, 2.05) is 12.4 Å². The fraction of sp³-hybridized carbons (Fsp3) is 0.421. The van der Waals surface area contributed by atoms with Gasteiger partial charge in [0, 0.05) is 50.8 Å². The molecule has 0 spiro atoms. The highest BCUT2D eigenvalue weighted by molar-refractivity contribution is 5.87. The number of hydrogen-bond acceptors (Lipinski definition) is 7. The number of carbonyl (C=O) groups excluding carboxylic acids is 1. The predicted octanol–water partition coefficient (Wildman–Crippen LogP) is 1.57. The van der Waals surface area contributed by atoms with Crippen molar-refractivity contribution >= 4 is 11.7 Å². The molecular formula is C19H22N6O2. The van der Waals surface area contributed by atoms with E-state index in [-0.39, 0.29) is 17.9 Å². The number of fused-ring (bicyclic) bond motifs is 1. The SMILES string of the molecule is C=CC(=O)N1CCC(Oc2cnc3c(n2)C(Cc2cncnc2)CN3)CC1. The van der Waals surface area contributed by atoms with Crippen molar-refractivity contribution < 1.29 is 9.53 Å². The maximum atomic E-state index is 11.7. The molecule has 2 aromatic rings. The van der Waals surface area contributed by atoms with Crippen molar-refractivity contribution in [3.05, 3.63) is 48.8 Å². The van der Waals surface area contributed by atoms with Crippen LogP contribution >= 0.6 is 0 Å². The van der Waals surface area contributed by atoms with Crippen molar-refractivity contribution in [2.75, 3.05) is 25.0 Å². The molecule has 1 saturated heterocycles. The zero-order valence-electron chi connectivity index (χ0n) is 15.0. The lowest BCUT2D eigenvalue weighted by atomic mass is 10.00. The highest BCUT2D eigenvalue weighted by atomic mass is 16.5. The Morgan fingerprint density at radius 2 is 2.07 bits per heavy atom. The van der Waals surface area contributed by atoms with Gasteiger partial charge in [0.2, 0.25) is 11.8 Å². The first kappa shape index (κ1) is 17.4. The van der Waals surface area contributed by atoms with Crippen LogP contribution in [0.4, 0.5) is 5.82 Å². The molecule has 1 N–H and O–H groups in total. The molecule has 0 aromatic carbocycles. The molecule has 1 fully saturated rings. The van der Waals surface area contributed by atoms with Gasteiger partial charge in [-0.3, -0.25) is 4.79 Å². The van der Waals surface area contributed by atoms with Gasteiger partial charge >= 0.3 is 0 Å². The molecule has 2 aromatic heterocycles. The number of piperidine rings is 1. The predicted molar refractivity (Wildman–Crippen MR) is 99.4 cm³/mol. The third-order valence-corrected chi connectivity index (χ3v) is 4.99. The van der Waals surface area contributed by atoms with E-state index in [0.717, 1.165) is 42.9 Å². The van der Waals surface area contributed by atoms with Crippen LogP contribution in [0, 0.1) is 0 Å². The molecule has 4 rings (SSSR count). The number of aromatic nitrogens is 4. The number of nitrogens with one attached hydrogen (secondary N) is 1. The molecule has 8 nitrogen and oxygen atoms in total. The number of likely N-dealkylation sites (tertiary alicyclic amines) is 1. The Hall–Kier alpha value is -3.03. The topological polar surface area (TPSA) is 93.1 Å². The summed E-state index contributed by atoms with van der Waals surface area (Å²) in [6.45, 7) is 5.67. The Morgan fingerprint density at radius 3 is 2.81 bits per heavy atom. The van der Waals surface area contributed by atoms with Crippen LogP contribution < -0.4 is 10.1 Å². The molecule has 1 amide bonds. The van der Waals surface area contributed by atoms with Crippen LogP contribution in [0.15, 0.2) is 37.6 Å². The second-order valence-electron chi connectivity index (χ2n) is 6.82. The number of ether oxygens (including phenoxy) is 1. The first-order chi connectivity index (χ1) is 13.2. The maximum Gasteiger partial charge on any atom is 0.245 e. The fourth-order valence-electron chi connectivity index (χ4n) is 3.56. The van der Waals surface area contributed by atoms with Gasteiger partial charge in [-0.1, -0.05) is 6.58 Å². The zero-order chi connectivity index (χ0) is 18.6. The maximum absolute atomic E-state index is 11.7. The first-order valence-corrected chi connectivity index (χ1v) is 9.15. The molecule has 8 heteroatoms. The number of amides is 1. The Morgan fingerprint density at radius 1 is 1.30 bits per heavy atom. The minimum absolute atomic E-state index is 0.0235. The average Bonchev–Trinajstić information content (AvgIpc) is 3.11. The Bertz CT molecular complexity index is 820. The summed E-state index contributed by atoms with van der Waals surface area (Å²) in [5, 5.41) is 3.30. The largest absolute Gasteiger partial charge is 0.473 e. The molecule has 1 atom stereocenters. The molecule has 27 heavy (non-hydrogen) atoms. The molecule has 2 aliphatic rings. The normalized spacial score (nSPS) is 19.3. The Kier molecular flexibility index (Phi) is 4.95. The number of nitrogens with zero attached hydrogens (tertiary/aromatic N) is 5. The van der Waals surface area contributed by atoms with E-state index >= 15 is 0 Å². The minimum atomic E-state index is -0.0235. The molecule has 1 unspecified atom stereocenters. The molecular weight excluding hydrogens is 344 g/mol. The third kappa shape index (κ3) is 3.89.